The normalized spacial score (nSPS) is 15.0. The van der Waals surface area contributed by atoms with E-state index in [9.17, 15) is 9.59 Å². The number of ether oxygens (including phenoxy) is 1. The predicted molar refractivity (Wildman–Crippen MR) is 170 cm³/mol. The maximum absolute atomic E-state index is 13.7. The van der Waals surface area contributed by atoms with Gasteiger partial charge in [-0.1, -0.05) is 64.6 Å². The first kappa shape index (κ1) is 29.0. The smallest absolute Gasteiger partial charge is 0.271 e. The molecule has 1 fully saturated rings. The molecule has 11 heteroatoms. The van der Waals surface area contributed by atoms with Crippen LogP contribution in [0.4, 0.5) is 17.1 Å². The zero-order valence-electron chi connectivity index (χ0n) is 21.0. The fourth-order valence-corrected chi connectivity index (χ4v) is 5.32. The van der Waals surface area contributed by atoms with Crippen molar-refractivity contribution >= 4 is 98.3 Å². The van der Waals surface area contributed by atoms with Crippen LogP contribution in [0, 0.1) is 0 Å². The summed E-state index contributed by atoms with van der Waals surface area (Å²) in [5.74, 6) is -0.223. The lowest BCUT2D eigenvalue weighted by atomic mass is 10.2. The van der Waals surface area contributed by atoms with Gasteiger partial charge >= 0.3 is 0 Å². The van der Waals surface area contributed by atoms with Gasteiger partial charge in [0.05, 0.1) is 26.3 Å². The Kier molecular flexibility index (Phi) is 9.22. The number of benzene rings is 4. The summed E-state index contributed by atoms with van der Waals surface area (Å²) in [5, 5.41) is 5.03. The van der Waals surface area contributed by atoms with E-state index < -0.39 is 0 Å². The van der Waals surface area contributed by atoms with Gasteiger partial charge in [-0.3, -0.25) is 14.5 Å². The molecular formula is C30H19Cl4N3O3S. The summed E-state index contributed by atoms with van der Waals surface area (Å²) in [6.45, 7) is -0.262. The molecule has 1 aliphatic rings. The van der Waals surface area contributed by atoms with Crippen LogP contribution in [0.25, 0.3) is 6.08 Å². The molecule has 0 unspecified atom stereocenters. The largest absolute Gasteiger partial charge is 0.483 e. The molecule has 1 saturated heterocycles. The van der Waals surface area contributed by atoms with Crippen LogP contribution in [0.3, 0.4) is 0 Å². The van der Waals surface area contributed by atoms with Gasteiger partial charge in [-0.15, -0.1) is 0 Å². The number of nitrogens with zero attached hydrogens (tertiary/aromatic N) is 2. The van der Waals surface area contributed by atoms with Gasteiger partial charge in [0.15, 0.2) is 11.8 Å². The molecule has 0 bridgehead atoms. The minimum Gasteiger partial charge on any atom is -0.483 e. The van der Waals surface area contributed by atoms with E-state index in [-0.39, 0.29) is 18.4 Å². The number of amides is 2. The fourth-order valence-electron chi connectivity index (χ4n) is 3.78. The standard InChI is InChI=1S/C30H19Cl4N3O3S/c31-19-5-9-21(10-6-19)36-30-37(23-12-7-20(32)8-13-23)29(39)27(41-30)15-18-3-1-2-4-26(18)40-17-28(38)35-22-11-14-24(33)25(34)16-22/h1-16H,17H2,(H,35,38)/b27-15+,36-30?. The molecule has 0 spiro atoms. The summed E-state index contributed by atoms with van der Waals surface area (Å²) < 4.78 is 5.82. The summed E-state index contributed by atoms with van der Waals surface area (Å²) >= 11 is 25.3. The molecule has 1 heterocycles. The topological polar surface area (TPSA) is 71.0 Å². The molecule has 2 amide bonds. The van der Waals surface area contributed by atoms with Crippen molar-refractivity contribution in [1.82, 2.24) is 0 Å². The maximum atomic E-state index is 13.7. The fraction of sp³-hybridized carbons (Fsp3) is 0.0333. The second-order valence-corrected chi connectivity index (χ2v) is 11.3. The number of nitrogens with one attached hydrogen (secondary N) is 1. The van der Waals surface area contributed by atoms with E-state index >= 15 is 0 Å². The van der Waals surface area contributed by atoms with Crippen LogP contribution in [-0.2, 0) is 9.59 Å². The molecule has 1 aliphatic heterocycles. The van der Waals surface area contributed by atoms with E-state index in [4.69, 9.17) is 56.1 Å². The van der Waals surface area contributed by atoms with Crippen LogP contribution in [0.15, 0.2) is 101 Å². The number of amidine groups is 1. The first-order chi connectivity index (χ1) is 19.8. The number of rotatable bonds is 7. The number of hydrogen-bond acceptors (Lipinski definition) is 5. The summed E-state index contributed by atoms with van der Waals surface area (Å²) in [4.78, 5) is 32.8. The Morgan fingerprint density at radius 3 is 2.27 bits per heavy atom. The van der Waals surface area contributed by atoms with Crippen molar-refractivity contribution in [3.05, 3.63) is 122 Å². The first-order valence-electron chi connectivity index (χ1n) is 12.1. The molecule has 5 rings (SSSR count). The van der Waals surface area contributed by atoms with E-state index in [0.29, 0.717) is 58.5 Å². The number of anilines is 2. The van der Waals surface area contributed by atoms with Gasteiger partial charge in [-0.2, -0.15) is 0 Å². The zero-order valence-corrected chi connectivity index (χ0v) is 24.8. The lowest BCUT2D eigenvalue weighted by molar-refractivity contribution is -0.118. The quantitative estimate of drug-likeness (QED) is 0.204. The highest BCUT2D eigenvalue weighted by molar-refractivity contribution is 8.19. The highest BCUT2D eigenvalue weighted by Gasteiger charge is 2.35. The number of hydrogen-bond donors (Lipinski definition) is 1. The molecule has 0 saturated carbocycles. The summed E-state index contributed by atoms with van der Waals surface area (Å²) in [7, 11) is 0. The SMILES string of the molecule is O=C(COc1ccccc1/C=C1/SC(=Nc2ccc(Cl)cc2)N(c2ccc(Cl)cc2)C1=O)Nc1ccc(Cl)c(Cl)c1. The van der Waals surface area contributed by atoms with Gasteiger partial charge in [0, 0.05) is 21.3 Å². The Morgan fingerprint density at radius 1 is 0.878 bits per heavy atom. The lowest BCUT2D eigenvalue weighted by Gasteiger charge is -2.15. The molecule has 206 valence electrons. The molecule has 0 aliphatic carbocycles. The Morgan fingerprint density at radius 2 is 1.56 bits per heavy atom. The van der Waals surface area contributed by atoms with Crippen LogP contribution < -0.4 is 15.0 Å². The van der Waals surface area contributed by atoms with Gasteiger partial charge in [0.2, 0.25) is 0 Å². The van der Waals surface area contributed by atoms with Crippen molar-refractivity contribution < 1.29 is 14.3 Å². The number of para-hydroxylation sites is 1. The van der Waals surface area contributed by atoms with Crippen molar-refractivity contribution in [2.24, 2.45) is 4.99 Å². The second kappa shape index (κ2) is 13.0. The predicted octanol–water partition coefficient (Wildman–Crippen LogP) is 9.13. The van der Waals surface area contributed by atoms with Crippen LogP contribution in [0.5, 0.6) is 5.75 Å². The van der Waals surface area contributed by atoms with E-state index in [2.05, 4.69) is 5.32 Å². The molecule has 0 radical (unpaired) electrons. The third kappa shape index (κ3) is 7.25. The van der Waals surface area contributed by atoms with Crippen molar-refractivity contribution in [1.29, 1.82) is 0 Å². The van der Waals surface area contributed by atoms with Crippen LogP contribution >= 0.6 is 58.2 Å². The average molecular weight is 643 g/mol. The summed E-state index contributed by atoms with van der Waals surface area (Å²) in [6.07, 6.45) is 1.71. The average Bonchev–Trinajstić information content (AvgIpc) is 3.26. The number of carbonyl (C=O) groups is 2. The van der Waals surface area contributed by atoms with Gasteiger partial charge < -0.3 is 10.1 Å². The molecule has 4 aromatic carbocycles. The van der Waals surface area contributed by atoms with E-state index in [0.717, 1.165) is 0 Å². The van der Waals surface area contributed by atoms with E-state index in [1.165, 1.54) is 16.7 Å². The molecule has 6 nitrogen and oxygen atoms in total. The Hall–Kier alpha value is -3.46. The molecule has 4 aromatic rings. The van der Waals surface area contributed by atoms with Crippen LogP contribution in [-0.4, -0.2) is 23.6 Å². The third-order valence-electron chi connectivity index (χ3n) is 5.71. The van der Waals surface area contributed by atoms with Gasteiger partial charge in [0.25, 0.3) is 11.8 Å². The minimum atomic E-state index is -0.386. The van der Waals surface area contributed by atoms with Crippen molar-refractivity contribution in [3.8, 4) is 5.75 Å². The summed E-state index contributed by atoms with van der Waals surface area (Å²) in [5.41, 5.74) is 2.37. The Labute approximate surface area is 260 Å². The number of thioether (sulfide) groups is 1. The molecule has 0 aromatic heterocycles. The molecule has 1 N–H and O–H groups in total. The van der Waals surface area contributed by atoms with Gasteiger partial charge in [-0.05, 0) is 90.6 Å². The Balaban J connectivity index is 1.39. The first-order valence-corrected chi connectivity index (χ1v) is 14.4. The zero-order chi connectivity index (χ0) is 28.9. The van der Waals surface area contributed by atoms with Crippen molar-refractivity contribution in [3.63, 3.8) is 0 Å². The highest BCUT2D eigenvalue weighted by Crippen LogP contribution is 2.38. The number of carbonyl (C=O) groups excluding carboxylic acids is 2. The lowest BCUT2D eigenvalue weighted by Crippen LogP contribution is -2.28. The van der Waals surface area contributed by atoms with Gasteiger partial charge in [0.1, 0.15) is 5.75 Å². The molecule has 41 heavy (non-hydrogen) atoms. The van der Waals surface area contributed by atoms with Crippen LogP contribution in [0.2, 0.25) is 20.1 Å². The third-order valence-corrected chi connectivity index (χ3v) is 7.92. The second-order valence-electron chi connectivity index (χ2n) is 8.60. The van der Waals surface area contributed by atoms with Crippen molar-refractivity contribution in [2.75, 3.05) is 16.8 Å². The monoisotopic (exact) mass is 641 g/mol. The van der Waals surface area contributed by atoms with Crippen molar-refractivity contribution in [2.45, 2.75) is 0 Å². The minimum absolute atomic E-state index is 0.262. The summed E-state index contributed by atoms with van der Waals surface area (Å²) in [6, 6.07) is 25.9. The number of halogens is 4. The Bertz CT molecular complexity index is 1680. The molecular weight excluding hydrogens is 624 g/mol. The number of aliphatic imine (C=N–C) groups is 1. The van der Waals surface area contributed by atoms with E-state index in [1.54, 1.807) is 91.0 Å². The maximum Gasteiger partial charge on any atom is 0.271 e. The van der Waals surface area contributed by atoms with Crippen LogP contribution in [0.1, 0.15) is 5.56 Å². The molecule has 0 atom stereocenters. The highest BCUT2D eigenvalue weighted by atomic mass is 35.5. The van der Waals surface area contributed by atoms with Gasteiger partial charge in [-0.25, -0.2) is 4.99 Å². The van der Waals surface area contributed by atoms with E-state index in [1.807, 2.05) is 6.07 Å².